The van der Waals surface area contributed by atoms with Crippen molar-refractivity contribution in [2.75, 3.05) is 26.0 Å². The molecule has 0 amide bonds. The van der Waals surface area contributed by atoms with E-state index in [-0.39, 0.29) is 11.8 Å². The normalized spacial score (nSPS) is 22.8. The Morgan fingerprint density at radius 3 is 3.00 bits per heavy atom. The molecule has 1 aromatic carbocycles. The van der Waals surface area contributed by atoms with Gasteiger partial charge in [-0.1, -0.05) is 6.07 Å². The smallest absolute Gasteiger partial charge is 0.138 e. The molecule has 2 atom stereocenters. The molecule has 2 unspecified atom stereocenters. The number of phenols is 1. The van der Waals surface area contributed by atoms with Gasteiger partial charge in [0.15, 0.2) is 0 Å². The highest BCUT2D eigenvalue weighted by Gasteiger charge is 2.29. The highest BCUT2D eigenvalue weighted by Crippen LogP contribution is 2.37. The lowest BCUT2D eigenvalue weighted by Gasteiger charge is -2.31. The van der Waals surface area contributed by atoms with E-state index in [0.717, 1.165) is 24.0 Å². The first-order valence-electron chi connectivity index (χ1n) is 6.15. The van der Waals surface area contributed by atoms with Crippen LogP contribution in [-0.2, 0) is 11.2 Å². The van der Waals surface area contributed by atoms with Gasteiger partial charge in [0.1, 0.15) is 5.75 Å². The predicted octanol–water partition coefficient (Wildman–Crippen LogP) is 0.559. The van der Waals surface area contributed by atoms with Crippen LogP contribution in [-0.4, -0.2) is 36.5 Å². The van der Waals surface area contributed by atoms with Crippen LogP contribution in [0, 0.1) is 0 Å². The van der Waals surface area contributed by atoms with E-state index in [2.05, 4.69) is 5.32 Å². The number of hydrogen-bond donors (Lipinski definition) is 4. The Kier molecular flexibility index (Phi) is 4.06. The quantitative estimate of drug-likeness (QED) is 0.357. The summed E-state index contributed by atoms with van der Waals surface area (Å²) >= 11 is 0. The summed E-state index contributed by atoms with van der Waals surface area (Å²) in [5.74, 6) is 0.0896. The number of fused-ring (bicyclic) bond motifs is 1. The number of ether oxygens (including phenoxy) is 1. The largest absolute Gasteiger partial charge is 0.506 e. The molecule has 0 saturated heterocycles. The minimum absolute atomic E-state index is 0.0107. The zero-order valence-electron chi connectivity index (χ0n) is 10.5. The molecule has 5 heteroatoms. The lowest BCUT2D eigenvalue weighted by atomic mass is 9.84. The number of phenolic OH excluding ortho intramolecular Hbond substituents is 1. The third kappa shape index (κ3) is 2.43. The van der Waals surface area contributed by atoms with Gasteiger partial charge in [-0.25, -0.2) is 0 Å². The molecule has 0 aliphatic heterocycles. The number of benzene rings is 1. The Hall–Kier alpha value is -1.30. The molecule has 0 bridgehead atoms. The van der Waals surface area contributed by atoms with Crippen molar-refractivity contribution in [2.45, 2.75) is 25.0 Å². The Morgan fingerprint density at radius 2 is 2.28 bits per heavy atom. The molecule has 0 spiro atoms. The molecule has 1 aliphatic rings. The number of nitrogens with one attached hydrogen (secondary N) is 1. The summed E-state index contributed by atoms with van der Waals surface area (Å²) in [7, 11) is 1.65. The van der Waals surface area contributed by atoms with E-state index >= 15 is 0 Å². The molecule has 0 aromatic heterocycles. The number of methoxy groups -OCH3 is 1. The van der Waals surface area contributed by atoms with Gasteiger partial charge in [-0.2, -0.15) is 0 Å². The van der Waals surface area contributed by atoms with Crippen LogP contribution in [0.4, 0.5) is 5.69 Å². The van der Waals surface area contributed by atoms with Gasteiger partial charge in [-0.3, -0.25) is 0 Å². The first-order chi connectivity index (χ1) is 8.65. The van der Waals surface area contributed by atoms with Crippen LogP contribution in [0.3, 0.4) is 0 Å². The molecule has 5 N–H and O–H groups in total. The summed E-state index contributed by atoms with van der Waals surface area (Å²) in [5, 5.41) is 23.1. The fourth-order valence-corrected chi connectivity index (χ4v) is 2.46. The molecule has 2 rings (SSSR count). The molecule has 18 heavy (non-hydrogen) atoms. The molecule has 0 radical (unpaired) electrons. The van der Waals surface area contributed by atoms with Gasteiger partial charge in [-0.15, -0.1) is 0 Å². The number of rotatable bonds is 4. The lowest BCUT2D eigenvalue weighted by molar-refractivity contribution is 0.107. The van der Waals surface area contributed by atoms with E-state index in [1.807, 2.05) is 0 Å². The average Bonchev–Trinajstić information content (AvgIpc) is 2.37. The van der Waals surface area contributed by atoms with Crippen molar-refractivity contribution in [1.29, 1.82) is 0 Å². The topological polar surface area (TPSA) is 87.7 Å². The zero-order chi connectivity index (χ0) is 13.1. The number of nitrogens with two attached hydrogens (primary N) is 1. The van der Waals surface area contributed by atoms with Crippen molar-refractivity contribution in [2.24, 2.45) is 0 Å². The third-order valence-electron chi connectivity index (χ3n) is 3.49. The maximum absolute atomic E-state index is 10.3. The van der Waals surface area contributed by atoms with Gasteiger partial charge >= 0.3 is 0 Å². The lowest BCUT2D eigenvalue weighted by Crippen LogP contribution is -2.40. The third-order valence-corrected chi connectivity index (χ3v) is 3.49. The van der Waals surface area contributed by atoms with Crippen molar-refractivity contribution >= 4 is 5.69 Å². The standard InChI is InChI=1S/C13H20N2O3/c1-18-7-6-15-10-4-2-8-9(13(10)17)3-5-11(16)12(8)14/h3,5,10,13,15-17H,2,4,6-7,14H2,1H3. The summed E-state index contributed by atoms with van der Waals surface area (Å²) in [6.45, 7) is 1.33. The van der Waals surface area contributed by atoms with Crippen LogP contribution < -0.4 is 11.1 Å². The summed E-state index contributed by atoms with van der Waals surface area (Å²) in [6, 6.07) is 3.29. The fourth-order valence-electron chi connectivity index (χ4n) is 2.46. The maximum atomic E-state index is 10.3. The van der Waals surface area contributed by atoms with E-state index in [4.69, 9.17) is 10.5 Å². The molecule has 5 nitrogen and oxygen atoms in total. The Balaban J connectivity index is 2.13. The van der Waals surface area contributed by atoms with Crippen molar-refractivity contribution < 1.29 is 14.9 Å². The van der Waals surface area contributed by atoms with Gasteiger partial charge in [0.25, 0.3) is 0 Å². The number of aliphatic hydroxyl groups excluding tert-OH is 1. The number of aliphatic hydroxyl groups is 1. The van der Waals surface area contributed by atoms with Gasteiger partial charge in [0, 0.05) is 19.7 Å². The molecular weight excluding hydrogens is 232 g/mol. The number of anilines is 1. The summed E-state index contributed by atoms with van der Waals surface area (Å²) in [5.41, 5.74) is 7.90. The molecule has 1 aromatic rings. The van der Waals surface area contributed by atoms with E-state index in [0.29, 0.717) is 18.8 Å². The average molecular weight is 252 g/mol. The Bertz CT molecular complexity index is 423. The van der Waals surface area contributed by atoms with Crippen molar-refractivity contribution in [3.8, 4) is 5.75 Å². The minimum atomic E-state index is -0.589. The van der Waals surface area contributed by atoms with Crippen LogP contribution in [0.15, 0.2) is 12.1 Å². The second-order valence-electron chi connectivity index (χ2n) is 4.60. The predicted molar refractivity (Wildman–Crippen MR) is 69.5 cm³/mol. The van der Waals surface area contributed by atoms with E-state index in [9.17, 15) is 10.2 Å². The van der Waals surface area contributed by atoms with E-state index in [1.54, 1.807) is 13.2 Å². The zero-order valence-corrected chi connectivity index (χ0v) is 10.5. The summed E-state index contributed by atoms with van der Waals surface area (Å²) < 4.78 is 4.98. The van der Waals surface area contributed by atoms with Gasteiger partial charge in [-0.05, 0) is 30.0 Å². The first kappa shape index (κ1) is 13.1. The summed E-state index contributed by atoms with van der Waals surface area (Å²) in [4.78, 5) is 0. The monoisotopic (exact) mass is 252 g/mol. The maximum Gasteiger partial charge on any atom is 0.138 e. The molecule has 100 valence electrons. The molecular formula is C13H20N2O3. The van der Waals surface area contributed by atoms with Crippen LogP contribution in [0.25, 0.3) is 0 Å². The Labute approximate surface area is 107 Å². The van der Waals surface area contributed by atoms with E-state index in [1.165, 1.54) is 6.07 Å². The molecule has 0 saturated carbocycles. The number of nitrogen functional groups attached to an aromatic ring is 1. The molecule has 0 heterocycles. The first-order valence-corrected chi connectivity index (χ1v) is 6.15. The van der Waals surface area contributed by atoms with E-state index < -0.39 is 6.10 Å². The minimum Gasteiger partial charge on any atom is -0.506 e. The van der Waals surface area contributed by atoms with Gasteiger partial charge in [0.2, 0.25) is 0 Å². The second kappa shape index (κ2) is 5.56. The summed E-state index contributed by atoms with van der Waals surface area (Å²) in [6.07, 6.45) is 0.969. The molecule has 0 fully saturated rings. The van der Waals surface area contributed by atoms with Gasteiger partial charge < -0.3 is 26.0 Å². The SMILES string of the molecule is COCCNC1CCc2c(ccc(O)c2N)C1O. The van der Waals surface area contributed by atoms with Crippen molar-refractivity contribution in [3.05, 3.63) is 23.3 Å². The number of hydrogen-bond acceptors (Lipinski definition) is 5. The van der Waals surface area contributed by atoms with Crippen LogP contribution in [0.1, 0.15) is 23.7 Å². The van der Waals surface area contributed by atoms with Crippen LogP contribution in [0.5, 0.6) is 5.75 Å². The number of aromatic hydroxyl groups is 1. The van der Waals surface area contributed by atoms with Crippen LogP contribution in [0.2, 0.25) is 0 Å². The molecule has 1 aliphatic carbocycles. The fraction of sp³-hybridized carbons (Fsp3) is 0.538. The Morgan fingerprint density at radius 1 is 1.50 bits per heavy atom. The highest BCUT2D eigenvalue weighted by molar-refractivity contribution is 5.62. The van der Waals surface area contributed by atoms with Crippen molar-refractivity contribution in [1.82, 2.24) is 5.32 Å². The van der Waals surface area contributed by atoms with Crippen molar-refractivity contribution in [3.63, 3.8) is 0 Å². The van der Waals surface area contributed by atoms with Crippen LogP contribution >= 0.6 is 0 Å². The second-order valence-corrected chi connectivity index (χ2v) is 4.60. The highest BCUT2D eigenvalue weighted by atomic mass is 16.5. The van der Waals surface area contributed by atoms with Gasteiger partial charge in [0.05, 0.1) is 18.4 Å².